The Morgan fingerprint density at radius 3 is 2.14 bits per heavy atom. The highest BCUT2D eigenvalue weighted by molar-refractivity contribution is 7.13. The molecule has 1 aromatic heterocycles. The zero-order chi connectivity index (χ0) is 52.5. The zero-order valence-corrected chi connectivity index (χ0v) is 43.8. The van der Waals surface area contributed by atoms with E-state index in [1.807, 2.05) is 88.0 Å². The molecule has 3 heterocycles. The molecule has 2 aliphatic heterocycles. The first-order valence-corrected chi connectivity index (χ1v) is 25.9. The first-order chi connectivity index (χ1) is 34.8. The average Bonchev–Trinajstić information content (AvgIpc) is 4.06. The van der Waals surface area contributed by atoms with Gasteiger partial charge in [0.2, 0.25) is 17.7 Å². The molecule has 1 saturated heterocycles. The molecule has 0 spiro atoms. The molecular weight excluding hydrogens is 964 g/mol. The molecule has 0 bridgehead atoms. The number of benzene rings is 3. The van der Waals surface area contributed by atoms with Crippen molar-refractivity contribution in [1.29, 1.82) is 0 Å². The normalized spacial score (nSPS) is 19.5. The lowest BCUT2D eigenvalue weighted by Crippen LogP contribution is -2.58. The molecule has 3 aliphatic rings. The highest BCUT2D eigenvalue weighted by atomic mass is 32.1. The van der Waals surface area contributed by atoms with Gasteiger partial charge < -0.3 is 44.3 Å². The van der Waals surface area contributed by atoms with Crippen LogP contribution in [0.4, 0.5) is 13.2 Å². The van der Waals surface area contributed by atoms with E-state index in [-0.39, 0.29) is 109 Å². The number of aryl methyl sites for hydroxylation is 1. The smallest absolute Gasteiger partial charge is 0.246 e. The SMILES string of the molecule is Cc1ncsc1-c1ccc(CNC(=O)[C@@H]2C[C@@H](O)CN2C(=O)[C@@H](NC(=O)COCCOCCOCCOCCOc2cc(F)c([C@@H]3C4=C(C[C@@H](C)N3CC(C)(C)F)c3ccccc3C4)c(F)c2)C(C)(C)C)cc1. The summed E-state index contributed by atoms with van der Waals surface area (Å²) in [5.74, 6) is -2.84. The van der Waals surface area contributed by atoms with Crippen molar-refractivity contribution < 1.29 is 56.3 Å². The third kappa shape index (κ3) is 14.6. The van der Waals surface area contributed by atoms with Crippen molar-refractivity contribution in [2.75, 3.05) is 72.6 Å². The van der Waals surface area contributed by atoms with Crippen LogP contribution in [0, 0.1) is 24.0 Å². The average molecular weight is 1030 g/mol. The van der Waals surface area contributed by atoms with E-state index in [1.54, 1.807) is 16.8 Å². The molecule has 0 radical (unpaired) electrons. The molecule has 0 unspecified atom stereocenters. The van der Waals surface area contributed by atoms with Crippen molar-refractivity contribution in [2.24, 2.45) is 5.41 Å². The maximum Gasteiger partial charge on any atom is 0.246 e. The number of aliphatic hydroxyl groups is 1. The lowest BCUT2D eigenvalue weighted by molar-refractivity contribution is -0.144. The van der Waals surface area contributed by atoms with Crippen molar-refractivity contribution in [3.05, 3.63) is 111 Å². The second-order valence-corrected chi connectivity index (χ2v) is 21.5. The number of aliphatic hydroxyl groups excluding tert-OH is 1. The molecular formula is C55H70F3N5O9S. The molecule has 73 heavy (non-hydrogen) atoms. The molecule has 14 nitrogen and oxygen atoms in total. The summed E-state index contributed by atoms with van der Waals surface area (Å²) in [6.07, 6.45) is 0.404. The predicted octanol–water partition coefficient (Wildman–Crippen LogP) is 7.54. The minimum Gasteiger partial charge on any atom is -0.491 e. The number of likely N-dealkylation sites (tertiary alicyclic amines) is 1. The monoisotopic (exact) mass is 1030 g/mol. The number of fused-ring (bicyclic) bond motifs is 2. The van der Waals surface area contributed by atoms with Gasteiger partial charge in [0.15, 0.2) is 0 Å². The first-order valence-electron chi connectivity index (χ1n) is 25.0. The number of halogens is 3. The van der Waals surface area contributed by atoms with Crippen LogP contribution in [0.2, 0.25) is 0 Å². The Bertz CT molecular complexity index is 2540. The van der Waals surface area contributed by atoms with Crippen LogP contribution in [0.5, 0.6) is 5.75 Å². The predicted molar refractivity (Wildman–Crippen MR) is 273 cm³/mol. The number of hydrogen-bond donors (Lipinski definition) is 3. The molecule has 396 valence electrons. The summed E-state index contributed by atoms with van der Waals surface area (Å²) < 4.78 is 75.0. The number of rotatable bonds is 24. The minimum atomic E-state index is -1.58. The van der Waals surface area contributed by atoms with E-state index < -0.39 is 58.8 Å². The van der Waals surface area contributed by atoms with E-state index in [0.29, 0.717) is 12.8 Å². The number of ether oxygens (including phenoxy) is 5. The van der Waals surface area contributed by atoms with Gasteiger partial charge in [-0.15, -0.1) is 11.3 Å². The van der Waals surface area contributed by atoms with Crippen LogP contribution in [0.15, 0.2) is 71.7 Å². The summed E-state index contributed by atoms with van der Waals surface area (Å²) in [6.45, 7) is 13.8. The number of nitrogens with one attached hydrogen (secondary N) is 2. The highest BCUT2D eigenvalue weighted by Gasteiger charge is 2.45. The van der Waals surface area contributed by atoms with E-state index in [2.05, 4.69) is 15.6 Å². The maximum atomic E-state index is 16.0. The van der Waals surface area contributed by atoms with Gasteiger partial charge in [0.1, 0.15) is 48.4 Å². The Morgan fingerprint density at radius 2 is 1.52 bits per heavy atom. The van der Waals surface area contributed by atoms with Crippen molar-refractivity contribution >= 4 is 34.6 Å². The van der Waals surface area contributed by atoms with E-state index in [4.69, 9.17) is 23.7 Å². The topological polar surface area (TPSA) is 161 Å². The summed E-state index contributed by atoms with van der Waals surface area (Å²) in [5, 5.41) is 16.2. The zero-order valence-electron chi connectivity index (χ0n) is 42.9. The van der Waals surface area contributed by atoms with Crippen LogP contribution >= 0.6 is 11.3 Å². The van der Waals surface area contributed by atoms with Crippen LogP contribution in [0.1, 0.15) is 88.4 Å². The van der Waals surface area contributed by atoms with Gasteiger partial charge in [-0.25, -0.2) is 18.2 Å². The van der Waals surface area contributed by atoms with E-state index in [1.165, 1.54) is 30.9 Å². The summed E-state index contributed by atoms with van der Waals surface area (Å²) >= 11 is 1.56. The van der Waals surface area contributed by atoms with Gasteiger partial charge in [-0.3, -0.25) is 19.3 Å². The first kappa shape index (κ1) is 55.5. The van der Waals surface area contributed by atoms with Gasteiger partial charge in [0.05, 0.1) is 74.5 Å². The van der Waals surface area contributed by atoms with Crippen molar-refractivity contribution in [2.45, 2.75) is 110 Å². The maximum absolute atomic E-state index is 16.0. The summed E-state index contributed by atoms with van der Waals surface area (Å²) in [4.78, 5) is 49.0. The minimum absolute atomic E-state index is 0.0209. The Kier molecular flexibility index (Phi) is 18.9. The third-order valence-electron chi connectivity index (χ3n) is 13.3. The second kappa shape index (κ2) is 24.9. The lowest BCUT2D eigenvalue weighted by Gasteiger charge is -2.44. The fourth-order valence-corrected chi connectivity index (χ4v) is 10.6. The number of amides is 3. The molecule has 7 rings (SSSR count). The van der Waals surface area contributed by atoms with Gasteiger partial charge in [0.25, 0.3) is 0 Å². The largest absolute Gasteiger partial charge is 0.491 e. The second-order valence-electron chi connectivity index (χ2n) is 20.7. The van der Waals surface area contributed by atoms with Gasteiger partial charge in [-0.05, 0) is 79.4 Å². The van der Waals surface area contributed by atoms with Crippen LogP contribution in [0.3, 0.4) is 0 Å². The van der Waals surface area contributed by atoms with Gasteiger partial charge in [-0.2, -0.15) is 0 Å². The molecule has 3 aromatic carbocycles. The number of alkyl halides is 1. The standard InChI is InChI=1S/C55H70F3N5O9S/c1-34-24-42-41-11-9-8-10-38(41)25-43(42)49(63(34)32-55(6,7)58)48-44(56)27-40(28-45(48)57)72-23-22-70-19-18-68-16-17-69-20-21-71-31-47(65)61-51(54(3,4)5)53(67)62-30-39(64)26-46(62)52(66)59-29-36-12-14-37(15-13-36)50-35(2)60-33-73-50/h8-15,27-28,33-34,39,46,49,51,64H,16-26,29-32H2,1-7H3,(H,59,66)(H,61,65)/t34-,39-,46+,49+,51-/m1/s1. The van der Waals surface area contributed by atoms with E-state index in [9.17, 15) is 19.5 Å². The Labute approximate surface area is 430 Å². The number of thiazole rings is 1. The van der Waals surface area contributed by atoms with Crippen molar-refractivity contribution in [3.8, 4) is 16.2 Å². The van der Waals surface area contributed by atoms with Crippen molar-refractivity contribution in [1.82, 2.24) is 25.4 Å². The molecule has 18 heteroatoms. The number of carbonyl (C=O) groups excluding carboxylic acids is 3. The fourth-order valence-electron chi connectivity index (χ4n) is 9.78. The highest BCUT2D eigenvalue weighted by Crippen LogP contribution is 2.50. The number of hydrogen-bond acceptors (Lipinski definition) is 12. The number of β-amino-alcohol motifs (C(OH)–C–C–N with tert-alkyl or cyclic N) is 1. The van der Waals surface area contributed by atoms with Crippen LogP contribution in [-0.2, 0) is 46.3 Å². The molecule has 3 N–H and O–H groups in total. The third-order valence-corrected chi connectivity index (χ3v) is 14.3. The van der Waals surface area contributed by atoms with E-state index >= 15 is 13.2 Å². The molecule has 3 amide bonds. The number of carbonyl (C=O) groups is 3. The lowest BCUT2D eigenvalue weighted by atomic mass is 9.84. The molecule has 5 atom stereocenters. The molecule has 1 aliphatic carbocycles. The van der Waals surface area contributed by atoms with Crippen molar-refractivity contribution in [3.63, 3.8) is 0 Å². The Balaban J connectivity index is 0.759. The van der Waals surface area contributed by atoms with E-state index in [0.717, 1.165) is 44.0 Å². The number of aromatic nitrogens is 1. The summed E-state index contributed by atoms with van der Waals surface area (Å²) in [6, 6.07) is 15.4. The van der Waals surface area contributed by atoms with Gasteiger partial charge in [-0.1, -0.05) is 69.3 Å². The van der Waals surface area contributed by atoms with Gasteiger partial charge in [0, 0.05) is 49.8 Å². The number of nitrogens with zero attached hydrogens (tertiary/aromatic N) is 3. The van der Waals surface area contributed by atoms with Crippen LogP contribution in [-0.4, -0.2) is 140 Å². The summed E-state index contributed by atoms with van der Waals surface area (Å²) in [7, 11) is 0. The molecule has 0 saturated carbocycles. The Morgan fingerprint density at radius 1 is 0.890 bits per heavy atom. The summed E-state index contributed by atoms with van der Waals surface area (Å²) in [5.41, 5.74) is 6.45. The van der Waals surface area contributed by atoms with Crippen LogP contribution < -0.4 is 15.4 Å². The molecule has 1 fully saturated rings. The quantitative estimate of drug-likeness (QED) is 0.0595. The van der Waals surface area contributed by atoms with Gasteiger partial charge >= 0.3 is 0 Å². The molecule has 4 aromatic rings. The van der Waals surface area contributed by atoms with Crippen LogP contribution in [0.25, 0.3) is 16.0 Å². The Hall–Kier alpha value is -5.21. The fraction of sp³-hybridized carbons (Fsp3) is 0.527.